The molecule has 0 radical (unpaired) electrons. The van der Waals surface area contributed by atoms with Crippen LogP contribution in [0.4, 0.5) is 11.5 Å². The lowest BCUT2D eigenvalue weighted by Gasteiger charge is -2.20. The minimum atomic E-state index is -0.222. The summed E-state index contributed by atoms with van der Waals surface area (Å²) in [4.78, 5) is 19.9. The maximum Gasteiger partial charge on any atom is 0.257 e. The van der Waals surface area contributed by atoms with Crippen LogP contribution in [0.1, 0.15) is 35.0 Å². The molecule has 7 heteroatoms. The molecule has 5 nitrogen and oxygen atoms in total. The van der Waals surface area contributed by atoms with Crippen LogP contribution in [0.5, 0.6) is 0 Å². The van der Waals surface area contributed by atoms with E-state index >= 15 is 0 Å². The molecule has 0 aliphatic carbocycles. The van der Waals surface area contributed by atoms with Gasteiger partial charge in [0.2, 0.25) is 0 Å². The Morgan fingerprint density at radius 2 is 1.85 bits per heavy atom. The Labute approximate surface area is 204 Å². The van der Waals surface area contributed by atoms with Crippen LogP contribution < -0.4 is 10.2 Å². The molecule has 0 fully saturated rings. The summed E-state index contributed by atoms with van der Waals surface area (Å²) in [5, 5.41) is 3.72. The number of hydrogen-bond acceptors (Lipinski definition) is 3. The van der Waals surface area contributed by atoms with Gasteiger partial charge in [-0.1, -0.05) is 60.5 Å². The van der Waals surface area contributed by atoms with Crippen molar-refractivity contribution in [2.24, 2.45) is 0 Å². The monoisotopic (exact) mass is 480 g/mol. The fourth-order valence-corrected chi connectivity index (χ4v) is 4.20. The summed E-state index contributed by atoms with van der Waals surface area (Å²) in [5.41, 5.74) is 4.29. The van der Waals surface area contributed by atoms with Crippen LogP contribution in [0.15, 0.2) is 66.9 Å². The third-order valence-corrected chi connectivity index (χ3v) is 6.34. The number of benzene rings is 2. The minimum absolute atomic E-state index is 0.222. The van der Waals surface area contributed by atoms with Crippen molar-refractivity contribution in [3.63, 3.8) is 0 Å². The first-order valence-corrected chi connectivity index (χ1v) is 11.7. The van der Waals surface area contributed by atoms with Gasteiger partial charge in [0.1, 0.15) is 11.5 Å². The number of carbonyl (C=O) groups is 1. The molecule has 1 N–H and O–H groups in total. The first-order valence-electron chi connectivity index (χ1n) is 11.0. The van der Waals surface area contributed by atoms with E-state index in [4.69, 9.17) is 28.2 Å². The molecule has 170 valence electrons. The average molecular weight is 481 g/mol. The topological polar surface area (TPSA) is 49.6 Å². The zero-order valence-corrected chi connectivity index (χ0v) is 20.2. The van der Waals surface area contributed by atoms with Crippen LogP contribution in [-0.2, 0) is 12.8 Å². The van der Waals surface area contributed by atoms with E-state index in [1.54, 1.807) is 24.3 Å². The number of aromatic nitrogens is 2. The second-order valence-electron chi connectivity index (χ2n) is 7.98. The first kappa shape index (κ1) is 23.1. The lowest BCUT2D eigenvalue weighted by Crippen LogP contribution is -2.22. The first-order chi connectivity index (χ1) is 16.0. The number of hydrogen-bond donors (Lipinski definition) is 1. The van der Waals surface area contributed by atoms with Crippen molar-refractivity contribution < 1.29 is 4.79 Å². The fourth-order valence-electron chi connectivity index (χ4n) is 3.90. The molecular weight excluding hydrogens is 455 g/mol. The molecule has 0 saturated heterocycles. The highest BCUT2D eigenvalue weighted by Gasteiger charge is 2.17. The molecule has 33 heavy (non-hydrogen) atoms. The second kappa shape index (κ2) is 10.3. The third kappa shape index (κ3) is 5.32. The average Bonchev–Trinajstić information content (AvgIpc) is 3.20. The summed E-state index contributed by atoms with van der Waals surface area (Å²) in [6.07, 6.45) is 4.69. The molecule has 0 atom stereocenters. The van der Waals surface area contributed by atoms with Gasteiger partial charge in [-0.3, -0.25) is 9.20 Å². The predicted octanol–water partition coefficient (Wildman–Crippen LogP) is 6.52. The van der Waals surface area contributed by atoms with Crippen LogP contribution in [-0.4, -0.2) is 28.9 Å². The van der Waals surface area contributed by atoms with Crippen LogP contribution >= 0.6 is 23.2 Å². The number of rotatable bonds is 8. The normalized spacial score (nSPS) is 11.0. The summed E-state index contributed by atoms with van der Waals surface area (Å²) in [7, 11) is 2.08. The Bertz CT molecular complexity index is 1270. The molecule has 0 unspecified atom stereocenters. The third-order valence-electron chi connectivity index (χ3n) is 5.60. The van der Waals surface area contributed by atoms with Crippen molar-refractivity contribution in [3.8, 4) is 0 Å². The summed E-state index contributed by atoms with van der Waals surface area (Å²) in [5.74, 6) is 0.796. The number of carbonyl (C=O) groups excluding carboxylic acids is 1. The summed E-state index contributed by atoms with van der Waals surface area (Å²) < 4.78 is 2.01. The second-order valence-corrected chi connectivity index (χ2v) is 8.79. The molecule has 1 amide bonds. The van der Waals surface area contributed by atoms with Gasteiger partial charge in [-0.25, -0.2) is 4.98 Å². The Kier molecular flexibility index (Phi) is 7.21. The van der Waals surface area contributed by atoms with E-state index < -0.39 is 0 Å². The van der Waals surface area contributed by atoms with E-state index in [9.17, 15) is 4.79 Å². The van der Waals surface area contributed by atoms with Crippen molar-refractivity contribution >= 4 is 46.3 Å². The van der Waals surface area contributed by atoms with Crippen molar-refractivity contribution in [3.05, 3.63) is 93.7 Å². The van der Waals surface area contributed by atoms with E-state index in [2.05, 4.69) is 48.5 Å². The maximum atomic E-state index is 12.9. The largest absolute Gasteiger partial charge is 0.359 e. The predicted molar refractivity (Wildman–Crippen MR) is 137 cm³/mol. The number of anilines is 2. The zero-order valence-electron chi connectivity index (χ0n) is 18.7. The van der Waals surface area contributed by atoms with Gasteiger partial charge in [0, 0.05) is 25.5 Å². The molecule has 0 spiro atoms. The van der Waals surface area contributed by atoms with Crippen LogP contribution in [0.2, 0.25) is 10.0 Å². The molecule has 0 aliphatic rings. The van der Waals surface area contributed by atoms with Gasteiger partial charge in [0.25, 0.3) is 5.91 Å². The molecule has 0 bridgehead atoms. The van der Waals surface area contributed by atoms with Crippen molar-refractivity contribution in [2.75, 3.05) is 23.8 Å². The molecule has 0 saturated carbocycles. The zero-order chi connectivity index (χ0) is 23.4. The maximum absolute atomic E-state index is 12.9. The van der Waals surface area contributed by atoms with Crippen LogP contribution in [0, 0.1) is 0 Å². The fraction of sp³-hybridized carbons (Fsp3) is 0.231. The number of halogens is 2. The molecule has 4 rings (SSSR count). The van der Waals surface area contributed by atoms with E-state index in [0.29, 0.717) is 21.3 Å². The standard InChI is InChI=1S/C26H26Cl2N4O/c1-3-23-26(31(2)15-7-10-18-8-5-4-6-9-18)32-17-19(11-14-24(32)30-23)25(33)29-20-12-13-21(27)22(28)16-20/h4-6,8-9,11-14,16-17H,3,7,10,15H2,1-2H3,(H,29,33). The van der Waals surface area contributed by atoms with Crippen molar-refractivity contribution in [1.29, 1.82) is 0 Å². The number of nitrogens with zero attached hydrogens (tertiary/aromatic N) is 3. The van der Waals surface area contributed by atoms with Gasteiger partial charge < -0.3 is 10.2 Å². The molecule has 4 aromatic rings. The summed E-state index contributed by atoms with van der Waals surface area (Å²) >= 11 is 12.0. The lowest BCUT2D eigenvalue weighted by molar-refractivity contribution is 0.102. The van der Waals surface area contributed by atoms with Gasteiger partial charge in [-0.15, -0.1) is 0 Å². The van der Waals surface area contributed by atoms with Crippen molar-refractivity contribution in [1.82, 2.24) is 9.38 Å². The van der Waals surface area contributed by atoms with Gasteiger partial charge in [-0.05, 0) is 55.2 Å². The highest BCUT2D eigenvalue weighted by atomic mass is 35.5. The molecular formula is C26H26Cl2N4O. The van der Waals surface area contributed by atoms with E-state index in [1.165, 1.54) is 5.56 Å². The Hall–Kier alpha value is -3.02. The number of fused-ring (bicyclic) bond motifs is 1. The number of nitrogens with one attached hydrogen (secondary N) is 1. The quantitative estimate of drug-likeness (QED) is 0.312. The number of amides is 1. The van der Waals surface area contributed by atoms with Gasteiger partial charge in [0.15, 0.2) is 0 Å². The lowest BCUT2D eigenvalue weighted by atomic mass is 10.1. The molecule has 2 heterocycles. The Balaban J connectivity index is 1.55. The molecule has 2 aromatic heterocycles. The number of aryl methyl sites for hydroxylation is 2. The van der Waals surface area contributed by atoms with E-state index in [0.717, 1.165) is 43.0 Å². The molecule has 2 aromatic carbocycles. The minimum Gasteiger partial charge on any atom is -0.359 e. The van der Waals surface area contributed by atoms with Crippen LogP contribution in [0.3, 0.4) is 0 Å². The SMILES string of the molecule is CCc1nc2ccc(C(=O)Nc3ccc(Cl)c(Cl)c3)cn2c1N(C)CCCc1ccccc1. The highest BCUT2D eigenvalue weighted by molar-refractivity contribution is 6.42. The van der Waals surface area contributed by atoms with Gasteiger partial charge in [-0.2, -0.15) is 0 Å². The van der Waals surface area contributed by atoms with Crippen molar-refractivity contribution in [2.45, 2.75) is 26.2 Å². The van der Waals surface area contributed by atoms with Gasteiger partial charge in [0.05, 0.1) is 21.3 Å². The Morgan fingerprint density at radius 1 is 1.06 bits per heavy atom. The van der Waals surface area contributed by atoms with Gasteiger partial charge >= 0.3 is 0 Å². The highest BCUT2D eigenvalue weighted by Crippen LogP contribution is 2.26. The smallest absolute Gasteiger partial charge is 0.257 e. The Morgan fingerprint density at radius 3 is 2.58 bits per heavy atom. The molecule has 0 aliphatic heterocycles. The number of pyridine rings is 1. The van der Waals surface area contributed by atoms with E-state index in [-0.39, 0.29) is 5.91 Å². The number of imidazole rings is 1. The van der Waals surface area contributed by atoms with Crippen LogP contribution in [0.25, 0.3) is 5.65 Å². The van der Waals surface area contributed by atoms with E-state index in [1.807, 2.05) is 22.7 Å². The summed E-state index contributed by atoms with van der Waals surface area (Å²) in [6.45, 7) is 2.98. The summed E-state index contributed by atoms with van der Waals surface area (Å²) in [6, 6.07) is 19.2.